The van der Waals surface area contributed by atoms with Gasteiger partial charge in [-0.1, -0.05) is 39.8 Å². The first kappa shape index (κ1) is 23.9. The number of hydrogen-bond donors (Lipinski definition) is 0. The SMILES string of the molecule is CC[C@@H](C)N(Cc1cccc(OS(=O)(=O)c2ccc(F)cc2)c1)C(=O)CC(C)(C)C. The molecule has 5 nitrogen and oxygen atoms in total. The summed E-state index contributed by atoms with van der Waals surface area (Å²) < 4.78 is 43.2. The lowest BCUT2D eigenvalue weighted by molar-refractivity contribution is -0.135. The van der Waals surface area contributed by atoms with E-state index >= 15 is 0 Å². The van der Waals surface area contributed by atoms with Crippen LogP contribution < -0.4 is 4.18 Å². The minimum absolute atomic E-state index is 0.0485. The smallest absolute Gasteiger partial charge is 0.339 e. The van der Waals surface area contributed by atoms with Crippen LogP contribution in [0, 0.1) is 11.2 Å². The molecule has 164 valence electrons. The Bertz CT molecular complexity index is 965. The summed E-state index contributed by atoms with van der Waals surface area (Å²) in [4.78, 5) is 14.5. The molecule has 0 aliphatic carbocycles. The molecule has 0 saturated carbocycles. The molecule has 30 heavy (non-hydrogen) atoms. The third-order valence-electron chi connectivity index (χ3n) is 4.68. The third-order valence-corrected chi connectivity index (χ3v) is 5.95. The predicted octanol–water partition coefficient (Wildman–Crippen LogP) is 5.16. The summed E-state index contributed by atoms with van der Waals surface area (Å²) in [6.07, 6.45) is 1.23. The van der Waals surface area contributed by atoms with E-state index in [0.29, 0.717) is 13.0 Å². The second-order valence-corrected chi connectivity index (χ2v) is 10.2. The van der Waals surface area contributed by atoms with Crippen LogP contribution in [0.5, 0.6) is 5.75 Å². The lowest BCUT2D eigenvalue weighted by Gasteiger charge is -2.31. The van der Waals surface area contributed by atoms with Crippen molar-refractivity contribution in [3.8, 4) is 5.75 Å². The van der Waals surface area contributed by atoms with Crippen LogP contribution in [0.1, 0.15) is 53.0 Å². The Labute approximate surface area is 179 Å². The summed E-state index contributed by atoms with van der Waals surface area (Å²) in [7, 11) is -4.08. The average molecular weight is 436 g/mol. The highest BCUT2D eigenvalue weighted by atomic mass is 32.2. The molecule has 0 fully saturated rings. The fourth-order valence-electron chi connectivity index (χ4n) is 2.93. The molecule has 2 rings (SSSR count). The zero-order valence-corrected chi connectivity index (χ0v) is 19.0. The highest BCUT2D eigenvalue weighted by Crippen LogP contribution is 2.24. The van der Waals surface area contributed by atoms with Crippen molar-refractivity contribution >= 4 is 16.0 Å². The van der Waals surface area contributed by atoms with Crippen LogP contribution in [0.4, 0.5) is 4.39 Å². The summed E-state index contributed by atoms with van der Waals surface area (Å²) in [5, 5.41) is 0. The monoisotopic (exact) mass is 435 g/mol. The lowest BCUT2D eigenvalue weighted by Crippen LogP contribution is -2.39. The highest BCUT2D eigenvalue weighted by Gasteiger charge is 2.24. The minimum atomic E-state index is -4.08. The molecular weight excluding hydrogens is 405 g/mol. The number of hydrogen-bond acceptors (Lipinski definition) is 4. The van der Waals surface area contributed by atoms with Crippen LogP contribution in [0.2, 0.25) is 0 Å². The van der Waals surface area contributed by atoms with Gasteiger partial charge in [0.15, 0.2) is 0 Å². The van der Waals surface area contributed by atoms with Gasteiger partial charge in [0, 0.05) is 19.0 Å². The van der Waals surface area contributed by atoms with Crippen LogP contribution >= 0.6 is 0 Å². The van der Waals surface area contributed by atoms with Gasteiger partial charge in [-0.05, 0) is 60.7 Å². The number of benzene rings is 2. The maximum Gasteiger partial charge on any atom is 0.339 e. The van der Waals surface area contributed by atoms with E-state index in [1.807, 2.05) is 45.6 Å². The molecule has 0 N–H and O–H groups in total. The lowest BCUT2D eigenvalue weighted by atomic mass is 9.91. The molecule has 0 aromatic heterocycles. The summed E-state index contributed by atoms with van der Waals surface area (Å²) >= 11 is 0. The van der Waals surface area contributed by atoms with Crippen LogP contribution in [0.25, 0.3) is 0 Å². The Kier molecular flexibility index (Phi) is 7.64. The summed E-state index contributed by atoms with van der Waals surface area (Å²) in [5.41, 5.74) is 0.640. The van der Waals surface area contributed by atoms with Gasteiger partial charge in [0.2, 0.25) is 5.91 Å². The van der Waals surface area contributed by atoms with Crippen molar-refractivity contribution in [2.75, 3.05) is 0 Å². The zero-order chi connectivity index (χ0) is 22.5. The second kappa shape index (κ2) is 9.60. The predicted molar refractivity (Wildman–Crippen MR) is 115 cm³/mol. The van der Waals surface area contributed by atoms with Crippen LogP contribution in [0.15, 0.2) is 53.4 Å². The van der Waals surface area contributed by atoms with Crippen molar-refractivity contribution in [1.29, 1.82) is 0 Å². The molecule has 1 amide bonds. The first-order chi connectivity index (χ1) is 13.9. The molecule has 0 radical (unpaired) electrons. The van der Waals surface area contributed by atoms with Gasteiger partial charge in [0.1, 0.15) is 16.5 Å². The number of nitrogens with zero attached hydrogens (tertiary/aromatic N) is 1. The first-order valence-electron chi connectivity index (χ1n) is 10.00. The number of amides is 1. The standard InChI is InChI=1S/C23H30FNO4S/c1-6-17(2)25(22(26)15-23(3,4)5)16-18-8-7-9-20(14-18)29-30(27,28)21-12-10-19(24)11-13-21/h7-14,17H,6,15-16H2,1-5H3/t17-/m1/s1. The van der Waals surface area contributed by atoms with E-state index in [-0.39, 0.29) is 28.0 Å². The van der Waals surface area contributed by atoms with Crippen molar-refractivity contribution in [2.24, 2.45) is 5.41 Å². The van der Waals surface area contributed by atoms with Crippen molar-refractivity contribution in [2.45, 2.75) is 64.9 Å². The van der Waals surface area contributed by atoms with E-state index in [1.165, 1.54) is 6.07 Å². The largest absolute Gasteiger partial charge is 0.379 e. The topological polar surface area (TPSA) is 63.7 Å². The number of carbonyl (C=O) groups excluding carboxylic acids is 1. The average Bonchev–Trinajstić information content (AvgIpc) is 2.64. The maximum atomic E-state index is 13.1. The van der Waals surface area contributed by atoms with Gasteiger partial charge in [0.05, 0.1) is 0 Å². The summed E-state index contributed by atoms with van der Waals surface area (Å²) in [6, 6.07) is 11.2. The van der Waals surface area contributed by atoms with E-state index in [9.17, 15) is 17.6 Å². The van der Waals surface area contributed by atoms with Gasteiger partial charge in [0.25, 0.3) is 0 Å². The quantitative estimate of drug-likeness (QED) is 0.538. The Hall–Kier alpha value is -2.41. The van der Waals surface area contributed by atoms with E-state index in [4.69, 9.17) is 4.18 Å². The van der Waals surface area contributed by atoms with Gasteiger partial charge in [-0.15, -0.1) is 0 Å². The molecule has 0 saturated heterocycles. The fourth-order valence-corrected chi connectivity index (χ4v) is 3.86. The van der Waals surface area contributed by atoms with Crippen molar-refractivity contribution in [3.63, 3.8) is 0 Å². The van der Waals surface area contributed by atoms with Crippen LogP contribution in [0.3, 0.4) is 0 Å². The fraction of sp³-hybridized carbons (Fsp3) is 0.435. The second-order valence-electron chi connectivity index (χ2n) is 8.66. The van der Waals surface area contributed by atoms with Crippen molar-refractivity contribution in [1.82, 2.24) is 4.90 Å². The van der Waals surface area contributed by atoms with Crippen LogP contribution in [-0.2, 0) is 21.5 Å². The van der Waals surface area contributed by atoms with Gasteiger partial charge in [-0.2, -0.15) is 8.42 Å². The van der Waals surface area contributed by atoms with Gasteiger partial charge < -0.3 is 9.08 Å². The molecule has 0 unspecified atom stereocenters. The Balaban J connectivity index is 2.22. The van der Waals surface area contributed by atoms with Crippen molar-refractivity contribution < 1.29 is 21.8 Å². The Morgan fingerprint density at radius 2 is 1.77 bits per heavy atom. The Morgan fingerprint density at radius 3 is 2.33 bits per heavy atom. The minimum Gasteiger partial charge on any atom is -0.379 e. The van der Waals surface area contributed by atoms with E-state index in [1.54, 1.807) is 12.1 Å². The van der Waals surface area contributed by atoms with E-state index in [2.05, 4.69) is 0 Å². The molecule has 0 bridgehead atoms. The molecule has 7 heteroatoms. The molecule has 0 aliphatic heterocycles. The van der Waals surface area contributed by atoms with Gasteiger partial charge in [-0.3, -0.25) is 4.79 Å². The zero-order valence-electron chi connectivity index (χ0n) is 18.2. The summed E-state index contributed by atoms with van der Waals surface area (Å²) in [6.45, 7) is 10.5. The molecule has 0 heterocycles. The van der Waals surface area contributed by atoms with E-state index < -0.39 is 15.9 Å². The molecule has 2 aromatic rings. The molecule has 1 atom stereocenters. The Morgan fingerprint density at radius 1 is 1.13 bits per heavy atom. The number of carbonyl (C=O) groups is 1. The van der Waals surface area contributed by atoms with E-state index in [0.717, 1.165) is 36.2 Å². The van der Waals surface area contributed by atoms with Crippen LogP contribution in [-0.4, -0.2) is 25.3 Å². The van der Waals surface area contributed by atoms with Gasteiger partial charge >= 0.3 is 10.1 Å². The molecule has 2 aromatic carbocycles. The highest BCUT2D eigenvalue weighted by molar-refractivity contribution is 7.87. The number of halogens is 1. The summed E-state index contributed by atoms with van der Waals surface area (Å²) in [5.74, 6) is -0.327. The number of rotatable bonds is 8. The molecule has 0 spiro atoms. The normalized spacial score (nSPS) is 13.0. The molecular formula is C23H30FNO4S. The van der Waals surface area contributed by atoms with Crippen molar-refractivity contribution in [3.05, 3.63) is 59.9 Å². The molecule has 0 aliphatic rings. The van der Waals surface area contributed by atoms with Gasteiger partial charge in [-0.25, -0.2) is 4.39 Å². The third kappa shape index (κ3) is 6.83. The maximum absolute atomic E-state index is 13.1. The first-order valence-corrected chi connectivity index (χ1v) is 11.4.